The Kier molecular flexibility index (Phi) is 7.00. The maximum absolute atomic E-state index is 4.38. The fraction of sp³-hybridized carbons (Fsp3) is 0.875. The molecule has 3 heteroatoms. The second-order valence-electron chi connectivity index (χ2n) is 6.99. The molecule has 19 heavy (non-hydrogen) atoms. The second-order valence-corrected chi connectivity index (χ2v) is 8.20. The van der Waals surface area contributed by atoms with E-state index in [0.29, 0.717) is 24.2 Å². The SMILES string of the molecule is C=C([SiH3])C(C)(N(C(C)C)C(C)C)N(C(C)C)C(C)C. The van der Waals surface area contributed by atoms with E-state index in [2.05, 4.69) is 78.7 Å². The van der Waals surface area contributed by atoms with E-state index in [1.54, 1.807) is 0 Å². The van der Waals surface area contributed by atoms with Gasteiger partial charge in [0.15, 0.2) is 0 Å². The van der Waals surface area contributed by atoms with Gasteiger partial charge in [-0.05, 0) is 62.3 Å². The smallest absolute Gasteiger partial charge is 0.0890 e. The minimum absolute atomic E-state index is 0.0448. The molecule has 0 radical (unpaired) electrons. The zero-order valence-corrected chi connectivity index (χ0v) is 16.9. The molecule has 2 nitrogen and oxygen atoms in total. The Balaban J connectivity index is 5.87. The van der Waals surface area contributed by atoms with Gasteiger partial charge in [-0.15, -0.1) is 6.58 Å². The van der Waals surface area contributed by atoms with Crippen LogP contribution >= 0.6 is 0 Å². The number of hydrogen-bond donors (Lipinski definition) is 0. The maximum Gasteiger partial charge on any atom is 0.0890 e. The van der Waals surface area contributed by atoms with Gasteiger partial charge in [-0.3, -0.25) is 9.80 Å². The molecule has 0 saturated heterocycles. The zero-order chi connectivity index (χ0) is 15.5. The van der Waals surface area contributed by atoms with E-state index in [1.807, 2.05) is 0 Å². The Labute approximate surface area is 124 Å². The fourth-order valence-electron chi connectivity index (χ4n) is 3.78. The van der Waals surface area contributed by atoms with Gasteiger partial charge >= 0.3 is 0 Å². The summed E-state index contributed by atoms with van der Waals surface area (Å²) in [5, 5.41) is 1.36. The normalized spacial score (nSPS) is 13.8. The van der Waals surface area contributed by atoms with Gasteiger partial charge in [0.05, 0.1) is 5.66 Å². The summed E-state index contributed by atoms with van der Waals surface area (Å²) < 4.78 is 0. The van der Waals surface area contributed by atoms with Gasteiger partial charge in [-0.1, -0.05) is 5.20 Å². The first-order chi connectivity index (χ1) is 8.47. The van der Waals surface area contributed by atoms with Crippen LogP contribution in [0.5, 0.6) is 0 Å². The third kappa shape index (κ3) is 3.93. The molecule has 0 aliphatic rings. The van der Waals surface area contributed by atoms with Crippen LogP contribution in [0.25, 0.3) is 0 Å². The van der Waals surface area contributed by atoms with E-state index in [1.165, 1.54) is 5.20 Å². The number of hydrogen-bond acceptors (Lipinski definition) is 2. The molecule has 0 heterocycles. The van der Waals surface area contributed by atoms with Gasteiger partial charge in [-0.2, -0.15) is 0 Å². The molecule has 0 aliphatic heterocycles. The summed E-state index contributed by atoms with van der Waals surface area (Å²) in [5.74, 6) is 0. The van der Waals surface area contributed by atoms with Gasteiger partial charge in [0.25, 0.3) is 0 Å². The molecule has 0 spiro atoms. The Morgan fingerprint density at radius 1 is 0.789 bits per heavy atom. The van der Waals surface area contributed by atoms with Crippen molar-refractivity contribution in [1.82, 2.24) is 9.80 Å². The summed E-state index contributed by atoms with van der Waals surface area (Å²) in [4.78, 5) is 5.23. The lowest BCUT2D eigenvalue weighted by Crippen LogP contribution is -2.67. The molecular formula is C16H36N2Si. The van der Waals surface area contributed by atoms with Crippen molar-refractivity contribution >= 4 is 10.2 Å². The topological polar surface area (TPSA) is 6.48 Å². The van der Waals surface area contributed by atoms with Crippen molar-refractivity contribution in [2.24, 2.45) is 0 Å². The molecular weight excluding hydrogens is 248 g/mol. The maximum atomic E-state index is 4.38. The molecule has 0 fully saturated rings. The molecule has 0 bridgehead atoms. The monoisotopic (exact) mass is 284 g/mol. The van der Waals surface area contributed by atoms with E-state index in [4.69, 9.17) is 0 Å². The molecule has 0 aromatic heterocycles. The van der Waals surface area contributed by atoms with Crippen LogP contribution in [-0.2, 0) is 0 Å². The van der Waals surface area contributed by atoms with E-state index >= 15 is 0 Å². The highest BCUT2D eigenvalue weighted by Crippen LogP contribution is 2.33. The molecule has 0 atom stereocenters. The second kappa shape index (κ2) is 7.05. The minimum atomic E-state index is -0.0448. The molecule has 0 N–H and O–H groups in total. The lowest BCUT2D eigenvalue weighted by molar-refractivity contribution is -0.0814. The van der Waals surface area contributed by atoms with Crippen LogP contribution in [0.2, 0.25) is 0 Å². The predicted molar refractivity (Wildman–Crippen MR) is 91.7 cm³/mol. The Morgan fingerprint density at radius 2 is 1.00 bits per heavy atom. The first-order valence-electron chi connectivity index (χ1n) is 7.70. The third-order valence-corrected chi connectivity index (χ3v) is 4.99. The highest BCUT2D eigenvalue weighted by molar-refractivity contribution is 6.22. The standard InChI is InChI=1S/C16H36N2Si/c1-11(2)17(12(3)4)16(10,15(9)19)18(13(5)6)14(7)8/h11-14H,9H2,1-8,10,19H3. The van der Waals surface area contributed by atoms with E-state index in [0.717, 1.165) is 10.2 Å². The van der Waals surface area contributed by atoms with Crippen molar-refractivity contribution in [2.75, 3.05) is 0 Å². The van der Waals surface area contributed by atoms with E-state index in [9.17, 15) is 0 Å². The van der Waals surface area contributed by atoms with Crippen LogP contribution < -0.4 is 0 Å². The first kappa shape index (κ1) is 18.9. The van der Waals surface area contributed by atoms with Crippen molar-refractivity contribution in [1.29, 1.82) is 0 Å². The van der Waals surface area contributed by atoms with Gasteiger partial charge in [0.1, 0.15) is 0 Å². The van der Waals surface area contributed by atoms with Gasteiger partial charge in [0, 0.05) is 34.4 Å². The summed E-state index contributed by atoms with van der Waals surface area (Å²) in [6.07, 6.45) is 0. The lowest BCUT2D eigenvalue weighted by Gasteiger charge is -2.56. The average Bonchev–Trinajstić information content (AvgIpc) is 2.13. The van der Waals surface area contributed by atoms with Crippen LogP contribution in [0.4, 0.5) is 0 Å². The summed E-state index contributed by atoms with van der Waals surface area (Å²) in [7, 11) is 1.03. The molecule has 0 unspecified atom stereocenters. The van der Waals surface area contributed by atoms with Crippen LogP contribution in [-0.4, -0.2) is 49.9 Å². The average molecular weight is 285 g/mol. The highest BCUT2D eigenvalue weighted by Gasteiger charge is 2.43. The quantitative estimate of drug-likeness (QED) is 0.524. The van der Waals surface area contributed by atoms with Crippen LogP contribution in [0.3, 0.4) is 0 Å². The number of rotatable bonds is 7. The molecule has 0 rings (SSSR count). The third-order valence-electron chi connectivity index (χ3n) is 4.04. The Bertz CT molecular complexity index is 259. The molecule has 114 valence electrons. The predicted octanol–water partition coefficient (Wildman–Crippen LogP) is 2.82. The van der Waals surface area contributed by atoms with Crippen molar-refractivity contribution in [3.8, 4) is 0 Å². The Morgan fingerprint density at radius 3 is 1.11 bits per heavy atom. The molecule has 0 aromatic rings. The van der Waals surface area contributed by atoms with Gasteiger partial charge in [0.2, 0.25) is 0 Å². The summed E-state index contributed by atoms with van der Waals surface area (Å²) in [6, 6.07) is 2.04. The van der Waals surface area contributed by atoms with Crippen molar-refractivity contribution < 1.29 is 0 Å². The number of nitrogens with zero attached hydrogens (tertiary/aromatic N) is 2. The summed E-state index contributed by atoms with van der Waals surface area (Å²) >= 11 is 0. The summed E-state index contributed by atoms with van der Waals surface area (Å²) in [5.41, 5.74) is -0.0448. The fourth-order valence-corrected chi connectivity index (χ4v) is 4.29. The van der Waals surface area contributed by atoms with Crippen molar-refractivity contribution in [3.05, 3.63) is 11.8 Å². The lowest BCUT2D eigenvalue weighted by atomic mass is 9.99. The van der Waals surface area contributed by atoms with E-state index in [-0.39, 0.29) is 5.66 Å². The van der Waals surface area contributed by atoms with E-state index < -0.39 is 0 Å². The molecule has 0 saturated carbocycles. The van der Waals surface area contributed by atoms with Crippen LogP contribution in [0, 0.1) is 0 Å². The largest absolute Gasteiger partial charge is 0.277 e. The first-order valence-corrected chi connectivity index (χ1v) is 8.70. The molecule has 0 aliphatic carbocycles. The minimum Gasteiger partial charge on any atom is -0.277 e. The van der Waals surface area contributed by atoms with Crippen molar-refractivity contribution in [3.63, 3.8) is 0 Å². The Hall–Kier alpha value is -0.123. The molecule has 0 aromatic carbocycles. The summed E-state index contributed by atoms with van der Waals surface area (Å²) in [6.45, 7) is 25.1. The van der Waals surface area contributed by atoms with Gasteiger partial charge in [-0.25, -0.2) is 0 Å². The zero-order valence-electron chi connectivity index (χ0n) is 14.9. The molecule has 0 amide bonds. The van der Waals surface area contributed by atoms with Crippen LogP contribution in [0.1, 0.15) is 62.3 Å². The highest BCUT2D eigenvalue weighted by atomic mass is 28.1. The van der Waals surface area contributed by atoms with Crippen LogP contribution in [0.15, 0.2) is 11.8 Å². The van der Waals surface area contributed by atoms with Crippen molar-refractivity contribution in [2.45, 2.75) is 92.1 Å². The van der Waals surface area contributed by atoms with Gasteiger partial charge < -0.3 is 0 Å².